The molecule has 0 spiro atoms. The Morgan fingerprint density at radius 3 is 2.32 bits per heavy atom. The summed E-state index contributed by atoms with van der Waals surface area (Å²) in [7, 11) is 0. The normalized spacial score (nSPS) is 22.4. The van der Waals surface area contributed by atoms with Crippen LogP contribution in [0.3, 0.4) is 0 Å². The number of hydrogen-bond acceptors (Lipinski definition) is 3. The molecule has 5 heteroatoms. The van der Waals surface area contributed by atoms with Crippen molar-refractivity contribution < 1.29 is 19.8 Å². The van der Waals surface area contributed by atoms with Gasteiger partial charge in [-0.25, -0.2) is 4.79 Å². The van der Waals surface area contributed by atoms with Crippen LogP contribution in [0.4, 0.5) is 0 Å². The van der Waals surface area contributed by atoms with Gasteiger partial charge in [-0.15, -0.1) is 0 Å². The Bertz CT molecular complexity index is 574. The average molecular weight is 259 g/mol. The van der Waals surface area contributed by atoms with Crippen LogP contribution in [0.5, 0.6) is 0 Å². The molecule has 0 bridgehead atoms. The third-order valence-corrected chi connectivity index (χ3v) is 3.16. The van der Waals surface area contributed by atoms with Crippen LogP contribution in [0.15, 0.2) is 46.6 Å². The molecule has 0 saturated heterocycles. The maximum Gasteiger partial charge on any atom is 0.334 e. The van der Waals surface area contributed by atoms with Crippen LogP contribution in [0.25, 0.3) is 0 Å². The second-order valence-electron chi connectivity index (χ2n) is 4.33. The van der Waals surface area contributed by atoms with Gasteiger partial charge in [-0.05, 0) is 12.5 Å². The van der Waals surface area contributed by atoms with Gasteiger partial charge in [0.25, 0.3) is 0 Å². The van der Waals surface area contributed by atoms with Crippen molar-refractivity contribution in [3.63, 3.8) is 0 Å². The highest BCUT2D eigenvalue weighted by atomic mass is 16.4. The lowest BCUT2D eigenvalue weighted by molar-refractivity contribution is -0.139. The van der Waals surface area contributed by atoms with Crippen molar-refractivity contribution in [2.24, 2.45) is 10.9 Å². The quantitative estimate of drug-likeness (QED) is 0.868. The van der Waals surface area contributed by atoms with E-state index in [9.17, 15) is 19.8 Å². The fourth-order valence-corrected chi connectivity index (χ4v) is 2.28. The fraction of sp³-hybridized carbons (Fsp3) is 0.214. The molecule has 2 atom stereocenters. The number of rotatable bonds is 3. The van der Waals surface area contributed by atoms with Gasteiger partial charge < -0.3 is 10.2 Å². The Balaban J connectivity index is 2.58. The van der Waals surface area contributed by atoms with E-state index in [1.54, 1.807) is 37.3 Å². The van der Waals surface area contributed by atoms with Crippen molar-refractivity contribution in [1.82, 2.24) is 0 Å². The van der Waals surface area contributed by atoms with E-state index < -0.39 is 23.8 Å². The molecule has 1 aromatic carbocycles. The van der Waals surface area contributed by atoms with E-state index in [-0.39, 0.29) is 5.57 Å². The first kappa shape index (κ1) is 13.0. The van der Waals surface area contributed by atoms with Crippen LogP contribution >= 0.6 is 0 Å². The second kappa shape index (κ2) is 5.06. The van der Waals surface area contributed by atoms with E-state index in [1.165, 1.54) is 6.21 Å². The van der Waals surface area contributed by atoms with Crippen molar-refractivity contribution >= 4 is 18.2 Å². The number of benzene rings is 1. The number of carboxylic acid groups (broad SMARTS) is 2. The summed E-state index contributed by atoms with van der Waals surface area (Å²) < 4.78 is 0. The van der Waals surface area contributed by atoms with E-state index >= 15 is 0 Å². The molecule has 2 N–H and O–H groups in total. The zero-order valence-corrected chi connectivity index (χ0v) is 10.3. The molecule has 1 heterocycles. The topological polar surface area (TPSA) is 87.0 Å². The summed E-state index contributed by atoms with van der Waals surface area (Å²) >= 11 is 0. The minimum absolute atomic E-state index is 0.0427. The summed E-state index contributed by atoms with van der Waals surface area (Å²) in [5.41, 5.74) is 1.05. The molecule has 0 aliphatic carbocycles. The molecule has 1 aliphatic heterocycles. The average Bonchev–Trinajstić information content (AvgIpc) is 2.38. The van der Waals surface area contributed by atoms with Crippen LogP contribution in [-0.2, 0) is 9.59 Å². The van der Waals surface area contributed by atoms with Crippen molar-refractivity contribution in [2.45, 2.75) is 12.8 Å². The SMILES string of the molecule is CC1=C(C(=O)O)C(c2ccccc2)C(C(=O)O)C=N1. The molecule has 0 amide bonds. The molecule has 2 rings (SSSR count). The maximum atomic E-state index is 11.4. The number of hydrogen-bond donors (Lipinski definition) is 2. The van der Waals surface area contributed by atoms with E-state index in [1.807, 2.05) is 0 Å². The number of allylic oxidation sites excluding steroid dienone is 1. The largest absolute Gasteiger partial charge is 0.481 e. The smallest absolute Gasteiger partial charge is 0.334 e. The monoisotopic (exact) mass is 259 g/mol. The van der Waals surface area contributed by atoms with Crippen LogP contribution in [0.1, 0.15) is 18.4 Å². The van der Waals surface area contributed by atoms with Gasteiger partial charge >= 0.3 is 11.9 Å². The molecule has 2 unspecified atom stereocenters. The van der Waals surface area contributed by atoms with Gasteiger partial charge in [-0.3, -0.25) is 9.79 Å². The third kappa shape index (κ3) is 2.40. The Morgan fingerprint density at radius 1 is 1.16 bits per heavy atom. The lowest BCUT2D eigenvalue weighted by Gasteiger charge is -2.26. The minimum Gasteiger partial charge on any atom is -0.481 e. The number of aliphatic imine (C=N–C) groups is 1. The predicted molar refractivity (Wildman–Crippen MR) is 69.1 cm³/mol. The van der Waals surface area contributed by atoms with Crippen LogP contribution in [0.2, 0.25) is 0 Å². The van der Waals surface area contributed by atoms with Crippen molar-refractivity contribution in [3.8, 4) is 0 Å². The predicted octanol–water partition coefficient (Wildman–Crippen LogP) is 1.91. The zero-order chi connectivity index (χ0) is 14.0. The standard InChI is InChI=1S/C14H13NO4/c1-8-11(14(18)19)12(9-5-3-2-4-6-9)10(7-15-8)13(16)17/h2-7,10,12H,1H3,(H,16,17)(H,18,19). The van der Waals surface area contributed by atoms with Gasteiger partial charge in [-0.2, -0.15) is 0 Å². The molecule has 1 aromatic rings. The Hall–Kier alpha value is -2.43. The number of carbonyl (C=O) groups is 2. The van der Waals surface area contributed by atoms with Crippen molar-refractivity contribution in [3.05, 3.63) is 47.2 Å². The van der Waals surface area contributed by atoms with Gasteiger partial charge in [0, 0.05) is 17.8 Å². The Morgan fingerprint density at radius 2 is 1.79 bits per heavy atom. The molecular formula is C14H13NO4. The molecule has 0 radical (unpaired) electrons. The lowest BCUT2D eigenvalue weighted by atomic mass is 9.78. The van der Waals surface area contributed by atoms with E-state index in [0.29, 0.717) is 11.3 Å². The van der Waals surface area contributed by atoms with E-state index in [2.05, 4.69) is 4.99 Å². The van der Waals surface area contributed by atoms with E-state index in [4.69, 9.17) is 0 Å². The van der Waals surface area contributed by atoms with Gasteiger partial charge in [-0.1, -0.05) is 30.3 Å². The summed E-state index contributed by atoms with van der Waals surface area (Å²) in [6.45, 7) is 1.58. The Labute approximate surface area is 109 Å². The fourth-order valence-electron chi connectivity index (χ4n) is 2.28. The van der Waals surface area contributed by atoms with Crippen molar-refractivity contribution in [2.75, 3.05) is 0 Å². The zero-order valence-electron chi connectivity index (χ0n) is 10.3. The van der Waals surface area contributed by atoms with Crippen LogP contribution < -0.4 is 0 Å². The Kier molecular flexibility index (Phi) is 3.46. The van der Waals surface area contributed by atoms with Gasteiger partial charge in [0.2, 0.25) is 0 Å². The van der Waals surface area contributed by atoms with Gasteiger partial charge in [0.15, 0.2) is 0 Å². The summed E-state index contributed by atoms with van der Waals surface area (Å²) in [5.74, 6) is -3.88. The van der Waals surface area contributed by atoms with Gasteiger partial charge in [0.05, 0.1) is 5.57 Å². The molecule has 5 nitrogen and oxygen atoms in total. The maximum absolute atomic E-state index is 11.4. The highest BCUT2D eigenvalue weighted by Crippen LogP contribution is 2.36. The first-order valence-electron chi connectivity index (χ1n) is 5.78. The highest BCUT2D eigenvalue weighted by Gasteiger charge is 2.37. The second-order valence-corrected chi connectivity index (χ2v) is 4.33. The molecule has 0 saturated carbocycles. The molecule has 19 heavy (non-hydrogen) atoms. The summed E-state index contributed by atoms with van der Waals surface area (Å²) in [4.78, 5) is 26.6. The minimum atomic E-state index is -1.13. The molecule has 0 aromatic heterocycles. The molecular weight excluding hydrogens is 246 g/mol. The first-order valence-corrected chi connectivity index (χ1v) is 5.78. The summed E-state index contributed by atoms with van der Waals surface area (Å²) in [5, 5.41) is 18.6. The molecule has 98 valence electrons. The van der Waals surface area contributed by atoms with E-state index in [0.717, 1.165) is 0 Å². The number of aliphatic carboxylic acids is 2. The third-order valence-electron chi connectivity index (χ3n) is 3.16. The number of nitrogens with zero attached hydrogens (tertiary/aromatic N) is 1. The number of carboxylic acids is 2. The first-order chi connectivity index (χ1) is 9.02. The highest BCUT2D eigenvalue weighted by molar-refractivity contribution is 5.98. The summed E-state index contributed by atoms with van der Waals surface area (Å²) in [6, 6.07) is 8.78. The van der Waals surface area contributed by atoms with Gasteiger partial charge in [0.1, 0.15) is 5.92 Å². The lowest BCUT2D eigenvalue weighted by Crippen LogP contribution is -2.30. The summed E-state index contributed by atoms with van der Waals surface area (Å²) in [6.07, 6.45) is 1.31. The van der Waals surface area contributed by atoms with Crippen LogP contribution in [-0.4, -0.2) is 28.4 Å². The molecule has 0 fully saturated rings. The van der Waals surface area contributed by atoms with Crippen LogP contribution in [0, 0.1) is 5.92 Å². The molecule has 1 aliphatic rings. The van der Waals surface area contributed by atoms with Crippen molar-refractivity contribution in [1.29, 1.82) is 0 Å².